The van der Waals surface area contributed by atoms with E-state index < -0.39 is 0 Å². The monoisotopic (exact) mass is 298 g/mol. The van der Waals surface area contributed by atoms with Crippen LogP contribution in [0.1, 0.15) is 19.0 Å². The van der Waals surface area contributed by atoms with Gasteiger partial charge in [-0.15, -0.1) is 0 Å². The zero-order valence-electron chi connectivity index (χ0n) is 13.0. The summed E-state index contributed by atoms with van der Waals surface area (Å²) >= 11 is 0. The Labute approximate surface area is 131 Å². The third-order valence-corrected chi connectivity index (χ3v) is 4.77. The molecule has 0 aliphatic carbocycles. The molecule has 4 heteroatoms. The van der Waals surface area contributed by atoms with Gasteiger partial charge < -0.3 is 14.4 Å². The molecule has 3 heterocycles. The predicted molar refractivity (Wildman–Crippen MR) is 87.5 cm³/mol. The van der Waals surface area contributed by atoms with Gasteiger partial charge in [0.1, 0.15) is 5.60 Å². The second kappa shape index (κ2) is 5.52. The molecular weight excluding hydrogens is 276 g/mol. The minimum atomic E-state index is -0.116. The molecule has 2 fully saturated rings. The second-order valence-electron chi connectivity index (χ2n) is 6.26. The number of anilines is 1. The maximum absolute atomic E-state index is 6.06. The summed E-state index contributed by atoms with van der Waals surface area (Å²) in [6.45, 7) is 6.29. The molecule has 4 rings (SSSR count). The van der Waals surface area contributed by atoms with Gasteiger partial charge in [-0.25, -0.2) is 0 Å². The van der Waals surface area contributed by atoms with E-state index in [4.69, 9.17) is 14.5 Å². The molecule has 22 heavy (non-hydrogen) atoms. The van der Waals surface area contributed by atoms with Crippen LogP contribution in [-0.2, 0) is 15.9 Å². The molecule has 1 spiro atoms. The van der Waals surface area contributed by atoms with Gasteiger partial charge in [-0.3, -0.25) is 4.98 Å². The van der Waals surface area contributed by atoms with Crippen LogP contribution in [0.15, 0.2) is 30.3 Å². The van der Waals surface area contributed by atoms with Crippen molar-refractivity contribution in [1.82, 2.24) is 4.98 Å². The largest absolute Gasteiger partial charge is 0.378 e. The number of benzene rings is 1. The molecule has 1 aromatic carbocycles. The van der Waals surface area contributed by atoms with E-state index in [1.165, 1.54) is 11.1 Å². The van der Waals surface area contributed by atoms with Crippen LogP contribution >= 0.6 is 0 Å². The van der Waals surface area contributed by atoms with Gasteiger partial charge in [0.15, 0.2) is 0 Å². The molecule has 1 aromatic heterocycles. The molecule has 1 atom stereocenters. The van der Waals surface area contributed by atoms with Crippen molar-refractivity contribution in [2.75, 3.05) is 37.8 Å². The maximum atomic E-state index is 6.06. The minimum Gasteiger partial charge on any atom is -0.378 e. The van der Waals surface area contributed by atoms with Gasteiger partial charge in [0.25, 0.3) is 0 Å². The number of pyridine rings is 1. The molecule has 2 saturated heterocycles. The van der Waals surface area contributed by atoms with Crippen LogP contribution in [0.4, 0.5) is 5.69 Å². The molecule has 0 saturated carbocycles. The first kappa shape index (κ1) is 14.0. The van der Waals surface area contributed by atoms with Gasteiger partial charge in [0.05, 0.1) is 18.7 Å². The summed E-state index contributed by atoms with van der Waals surface area (Å²) in [4.78, 5) is 7.22. The van der Waals surface area contributed by atoms with Crippen molar-refractivity contribution in [3.63, 3.8) is 0 Å². The fraction of sp³-hybridized carbons (Fsp3) is 0.500. The van der Waals surface area contributed by atoms with E-state index in [0.29, 0.717) is 6.61 Å². The number of fused-ring (bicyclic) bond motifs is 1. The van der Waals surface area contributed by atoms with Gasteiger partial charge in [-0.1, -0.05) is 25.1 Å². The molecule has 1 unspecified atom stereocenters. The molecular formula is C18H22N2O2. The van der Waals surface area contributed by atoms with Crippen LogP contribution < -0.4 is 4.90 Å². The van der Waals surface area contributed by atoms with Crippen LogP contribution in [0.5, 0.6) is 0 Å². The van der Waals surface area contributed by atoms with Gasteiger partial charge in [0, 0.05) is 42.9 Å². The van der Waals surface area contributed by atoms with Crippen molar-refractivity contribution in [2.45, 2.75) is 25.4 Å². The Morgan fingerprint density at radius 1 is 1.27 bits per heavy atom. The number of hydrogen-bond acceptors (Lipinski definition) is 4. The lowest BCUT2D eigenvalue weighted by Crippen LogP contribution is -2.52. The van der Waals surface area contributed by atoms with Gasteiger partial charge in [-0.2, -0.15) is 0 Å². The van der Waals surface area contributed by atoms with E-state index in [0.717, 1.165) is 50.4 Å². The van der Waals surface area contributed by atoms with Crippen molar-refractivity contribution in [2.24, 2.45) is 0 Å². The molecule has 2 aromatic rings. The quantitative estimate of drug-likeness (QED) is 0.854. The highest BCUT2D eigenvalue weighted by molar-refractivity contribution is 5.92. The van der Waals surface area contributed by atoms with Crippen molar-refractivity contribution < 1.29 is 9.47 Å². The lowest BCUT2D eigenvalue weighted by Gasteiger charge is -2.41. The number of nitrogens with zero attached hydrogens (tertiary/aromatic N) is 2. The Bertz CT molecular complexity index is 680. The zero-order valence-corrected chi connectivity index (χ0v) is 13.0. The average Bonchev–Trinajstić information content (AvgIpc) is 3.01. The molecule has 2 aliphatic heterocycles. The van der Waals surface area contributed by atoms with Crippen molar-refractivity contribution in [3.05, 3.63) is 36.0 Å². The van der Waals surface area contributed by atoms with E-state index in [1.54, 1.807) is 0 Å². The lowest BCUT2D eigenvalue weighted by atomic mass is 9.99. The number of hydrogen-bond donors (Lipinski definition) is 0. The Hall–Kier alpha value is -1.65. The first-order chi connectivity index (χ1) is 10.8. The fourth-order valence-corrected chi connectivity index (χ4v) is 3.53. The highest BCUT2D eigenvalue weighted by Crippen LogP contribution is 2.33. The number of ether oxygens (including phenoxy) is 2. The summed E-state index contributed by atoms with van der Waals surface area (Å²) in [5.74, 6) is 0. The van der Waals surface area contributed by atoms with Gasteiger partial charge in [-0.05, 0) is 18.6 Å². The lowest BCUT2D eigenvalue weighted by molar-refractivity contribution is -0.0578. The molecule has 0 radical (unpaired) electrons. The van der Waals surface area contributed by atoms with Crippen molar-refractivity contribution in [3.8, 4) is 0 Å². The Balaban J connectivity index is 1.76. The average molecular weight is 298 g/mol. The third kappa shape index (κ3) is 2.36. The Morgan fingerprint density at radius 2 is 2.18 bits per heavy atom. The molecule has 2 aliphatic rings. The summed E-state index contributed by atoms with van der Waals surface area (Å²) in [6, 6.07) is 10.7. The molecule has 116 valence electrons. The van der Waals surface area contributed by atoms with Crippen molar-refractivity contribution in [1.29, 1.82) is 0 Å². The molecule has 0 N–H and O–H groups in total. The molecule has 0 amide bonds. The summed E-state index contributed by atoms with van der Waals surface area (Å²) in [7, 11) is 0. The minimum absolute atomic E-state index is 0.116. The topological polar surface area (TPSA) is 34.6 Å². The predicted octanol–water partition coefficient (Wildman–Crippen LogP) is 2.79. The van der Waals surface area contributed by atoms with E-state index in [9.17, 15) is 0 Å². The van der Waals surface area contributed by atoms with Gasteiger partial charge in [0.2, 0.25) is 0 Å². The number of aryl methyl sites for hydroxylation is 1. The van der Waals surface area contributed by atoms with Crippen LogP contribution in [0.25, 0.3) is 10.9 Å². The summed E-state index contributed by atoms with van der Waals surface area (Å²) < 4.78 is 11.7. The SMILES string of the molecule is CCc1cc(N2CCOC3(CCOC3)C2)c2ccccc2n1. The number of morpholine rings is 1. The highest BCUT2D eigenvalue weighted by atomic mass is 16.6. The fourth-order valence-electron chi connectivity index (χ4n) is 3.53. The summed E-state index contributed by atoms with van der Waals surface area (Å²) in [6.07, 6.45) is 1.95. The van der Waals surface area contributed by atoms with E-state index in [-0.39, 0.29) is 5.60 Å². The van der Waals surface area contributed by atoms with Crippen LogP contribution in [0.3, 0.4) is 0 Å². The Morgan fingerprint density at radius 3 is 3.00 bits per heavy atom. The van der Waals surface area contributed by atoms with Crippen LogP contribution in [-0.4, -0.2) is 43.5 Å². The van der Waals surface area contributed by atoms with Crippen LogP contribution in [0, 0.1) is 0 Å². The van der Waals surface area contributed by atoms with E-state index in [1.807, 2.05) is 0 Å². The first-order valence-corrected chi connectivity index (χ1v) is 8.15. The smallest absolute Gasteiger partial charge is 0.111 e. The van der Waals surface area contributed by atoms with E-state index in [2.05, 4.69) is 42.2 Å². The maximum Gasteiger partial charge on any atom is 0.111 e. The normalized spacial score (nSPS) is 25.2. The number of para-hydroxylation sites is 1. The third-order valence-electron chi connectivity index (χ3n) is 4.77. The summed E-state index contributed by atoms with van der Waals surface area (Å²) in [5, 5.41) is 1.23. The van der Waals surface area contributed by atoms with Crippen LogP contribution in [0.2, 0.25) is 0 Å². The summed E-state index contributed by atoms with van der Waals surface area (Å²) in [5.41, 5.74) is 3.41. The first-order valence-electron chi connectivity index (χ1n) is 8.15. The molecule has 4 nitrogen and oxygen atoms in total. The molecule has 0 bridgehead atoms. The van der Waals surface area contributed by atoms with E-state index >= 15 is 0 Å². The number of rotatable bonds is 2. The van der Waals surface area contributed by atoms with Crippen molar-refractivity contribution >= 4 is 16.6 Å². The number of aromatic nitrogens is 1. The van der Waals surface area contributed by atoms with Gasteiger partial charge >= 0.3 is 0 Å². The highest BCUT2D eigenvalue weighted by Gasteiger charge is 2.40. The Kier molecular flexibility index (Phi) is 3.51. The zero-order chi connectivity index (χ0) is 15.0. The second-order valence-corrected chi connectivity index (χ2v) is 6.26. The standard InChI is InChI=1S/C18H22N2O2/c1-2-14-11-17(15-5-3-4-6-16(15)19-14)20-8-10-22-18(12-20)7-9-21-13-18/h3-6,11H,2,7-10,12-13H2,1H3.